The normalized spacial score (nSPS) is 11.6. The summed E-state index contributed by atoms with van der Waals surface area (Å²) in [5.74, 6) is -3.12. The van der Waals surface area contributed by atoms with E-state index in [1.165, 1.54) is 19.4 Å². The minimum Gasteiger partial charge on any atom is -0.496 e. The number of methoxy groups -OCH3 is 1. The lowest BCUT2D eigenvalue weighted by molar-refractivity contribution is -0.275. The minimum atomic E-state index is -5.07. The third-order valence-corrected chi connectivity index (χ3v) is 3.86. The Kier molecular flexibility index (Phi) is 4.77. The number of carbonyl (C=O) groups is 1. The zero-order valence-electron chi connectivity index (χ0n) is 13.8. The molecule has 0 aliphatic heterocycles. The number of alkyl halides is 3. The van der Waals surface area contributed by atoms with Gasteiger partial charge in [0, 0.05) is 46.8 Å². The van der Waals surface area contributed by atoms with Gasteiger partial charge >= 0.3 is 6.36 Å². The van der Waals surface area contributed by atoms with Crippen molar-refractivity contribution in [2.24, 2.45) is 0 Å². The van der Waals surface area contributed by atoms with Gasteiger partial charge in [0.05, 0.1) is 7.11 Å². The second kappa shape index (κ2) is 6.90. The van der Waals surface area contributed by atoms with Crippen molar-refractivity contribution in [2.75, 3.05) is 7.11 Å². The van der Waals surface area contributed by atoms with Gasteiger partial charge in [-0.15, -0.1) is 13.2 Å². The molecule has 0 saturated heterocycles. The number of aromatic amines is 1. The summed E-state index contributed by atoms with van der Waals surface area (Å²) >= 11 is 0. The van der Waals surface area contributed by atoms with Crippen LogP contribution in [0.2, 0.25) is 0 Å². The summed E-state index contributed by atoms with van der Waals surface area (Å²) in [6.07, 6.45) is -4.00. The van der Waals surface area contributed by atoms with Gasteiger partial charge in [-0.1, -0.05) is 6.07 Å². The summed E-state index contributed by atoms with van der Waals surface area (Å²) < 4.78 is 72.9. The van der Waals surface area contributed by atoms with Gasteiger partial charge in [0.1, 0.15) is 11.6 Å². The van der Waals surface area contributed by atoms with Gasteiger partial charge in [0.2, 0.25) is 0 Å². The highest BCUT2D eigenvalue weighted by Gasteiger charge is 2.33. The van der Waals surface area contributed by atoms with E-state index < -0.39 is 29.5 Å². The van der Waals surface area contributed by atoms with Crippen molar-refractivity contribution in [1.82, 2.24) is 4.98 Å². The summed E-state index contributed by atoms with van der Waals surface area (Å²) in [6.45, 7) is 0. The van der Waals surface area contributed by atoms with Crippen LogP contribution in [0.25, 0.3) is 10.9 Å². The van der Waals surface area contributed by atoms with Crippen molar-refractivity contribution in [1.29, 1.82) is 0 Å². The molecule has 0 aliphatic carbocycles. The van der Waals surface area contributed by atoms with E-state index >= 15 is 0 Å². The zero-order chi connectivity index (χ0) is 19.8. The molecule has 1 heterocycles. The number of ketones is 1. The molecule has 3 aromatic rings. The van der Waals surface area contributed by atoms with Crippen LogP contribution in [0.1, 0.15) is 15.9 Å². The number of hydrogen-bond donors (Lipinski definition) is 1. The number of Topliss-reactive ketones (excluding diaryl/α,β-unsaturated/α-hetero) is 1. The van der Waals surface area contributed by atoms with E-state index in [1.54, 1.807) is 0 Å². The molecule has 0 fully saturated rings. The predicted molar refractivity (Wildman–Crippen MR) is 85.9 cm³/mol. The number of benzene rings is 2. The van der Waals surface area contributed by atoms with E-state index in [0.29, 0.717) is 5.56 Å². The van der Waals surface area contributed by atoms with E-state index in [9.17, 15) is 26.7 Å². The fraction of sp³-hybridized carbons (Fsp3) is 0.167. The Morgan fingerprint density at radius 2 is 1.85 bits per heavy atom. The topological polar surface area (TPSA) is 51.3 Å². The van der Waals surface area contributed by atoms with Crippen molar-refractivity contribution in [3.63, 3.8) is 0 Å². The lowest BCUT2D eigenvalue weighted by atomic mass is 10.0. The molecule has 27 heavy (non-hydrogen) atoms. The average molecular weight is 385 g/mol. The van der Waals surface area contributed by atoms with E-state index in [0.717, 1.165) is 24.3 Å². The second-order valence-corrected chi connectivity index (χ2v) is 5.63. The molecular formula is C18H12F5NO3. The average Bonchev–Trinajstić information content (AvgIpc) is 2.98. The lowest BCUT2D eigenvalue weighted by Crippen LogP contribution is -2.18. The monoisotopic (exact) mass is 385 g/mol. The van der Waals surface area contributed by atoms with Crippen molar-refractivity contribution in [3.8, 4) is 11.5 Å². The van der Waals surface area contributed by atoms with E-state index in [2.05, 4.69) is 9.72 Å². The molecule has 142 valence electrons. The molecule has 1 N–H and O–H groups in total. The number of ether oxygens (including phenoxy) is 2. The fourth-order valence-electron chi connectivity index (χ4n) is 2.69. The summed E-state index contributed by atoms with van der Waals surface area (Å²) in [7, 11) is 1.32. The largest absolute Gasteiger partial charge is 0.573 e. The molecule has 3 rings (SSSR count). The van der Waals surface area contributed by atoms with Crippen LogP contribution in [0.5, 0.6) is 11.5 Å². The summed E-state index contributed by atoms with van der Waals surface area (Å²) in [5, 5.41) is 0.0710. The van der Waals surface area contributed by atoms with Crippen molar-refractivity contribution >= 4 is 16.7 Å². The Morgan fingerprint density at radius 1 is 1.11 bits per heavy atom. The minimum absolute atomic E-state index is 0.0448. The Labute approximate surface area is 149 Å². The summed E-state index contributed by atoms with van der Waals surface area (Å²) in [4.78, 5) is 15.2. The Morgan fingerprint density at radius 3 is 2.52 bits per heavy atom. The third-order valence-electron chi connectivity index (χ3n) is 3.86. The number of rotatable bonds is 5. The maximum Gasteiger partial charge on any atom is 0.573 e. The first kappa shape index (κ1) is 18.7. The van der Waals surface area contributed by atoms with Crippen LogP contribution >= 0.6 is 0 Å². The number of H-pyrrole nitrogens is 1. The first-order valence-electron chi connectivity index (χ1n) is 7.60. The smallest absolute Gasteiger partial charge is 0.496 e. The molecule has 4 nitrogen and oxygen atoms in total. The predicted octanol–water partition coefficient (Wildman–Crippen LogP) is 4.78. The van der Waals surface area contributed by atoms with Gasteiger partial charge in [-0.2, -0.15) is 0 Å². The molecule has 0 aliphatic rings. The molecule has 1 aromatic heterocycles. The molecule has 0 unspecified atom stereocenters. The third kappa shape index (κ3) is 4.02. The van der Waals surface area contributed by atoms with E-state index in [1.807, 2.05) is 0 Å². The highest BCUT2D eigenvalue weighted by Crippen LogP contribution is 2.32. The number of aromatic nitrogens is 1. The van der Waals surface area contributed by atoms with Crippen LogP contribution in [0.4, 0.5) is 22.0 Å². The fourth-order valence-corrected chi connectivity index (χ4v) is 2.69. The van der Waals surface area contributed by atoms with Gasteiger partial charge in [0.25, 0.3) is 0 Å². The standard InChI is InChI=1S/C18H12F5NO3/c1-26-16-5-10(19)3-2-9(16)4-15(25)12-8-24-14-7-13(20)17(6-11(12)14)27-18(21,22)23/h2-3,5-8,24H,4H2,1H3. The van der Waals surface area contributed by atoms with Crippen LogP contribution in [0, 0.1) is 11.6 Å². The summed E-state index contributed by atoms with van der Waals surface area (Å²) in [5.41, 5.74) is 0.576. The number of nitrogens with one attached hydrogen (secondary N) is 1. The second-order valence-electron chi connectivity index (χ2n) is 5.63. The van der Waals surface area contributed by atoms with Gasteiger partial charge in [0.15, 0.2) is 17.3 Å². The quantitative estimate of drug-likeness (QED) is 0.508. The van der Waals surface area contributed by atoms with Gasteiger partial charge < -0.3 is 14.5 Å². The molecule has 0 bridgehead atoms. The molecule has 0 saturated carbocycles. The Hall–Kier alpha value is -3.10. The molecule has 0 atom stereocenters. The molecular weight excluding hydrogens is 373 g/mol. The van der Waals surface area contributed by atoms with Gasteiger partial charge in [-0.25, -0.2) is 8.78 Å². The van der Waals surface area contributed by atoms with Gasteiger partial charge in [-0.05, 0) is 12.1 Å². The SMILES string of the molecule is COc1cc(F)ccc1CC(=O)c1c[nH]c2cc(F)c(OC(F)(F)F)cc12. The van der Waals surface area contributed by atoms with Gasteiger partial charge in [-0.3, -0.25) is 4.79 Å². The Bertz CT molecular complexity index is 1010. The highest BCUT2D eigenvalue weighted by molar-refractivity contribution is 6.09. The van der Waals surface area contributed by atoms with Crippen LogP contribution in [0.15, 0.2) is 36.5 Å². The van der Waals surface area contributed by atoms with Crippen LogP contribution in [0.3, 0.4) is 0 Å². The molecule has 0 radical (unpaired) electrons. The maximum atomic E-state index is 13.8. The molecule has 0 amide bonds. The van der Waals surface area contributed by atoms with Crippen molar-refractivity contribution < 1.29 is 36.2 Å². The van der Waals surface area contributed by atoms with E-state index in [4.69, 9.17) is 4.74 Å². The zero-order valence-corrected chi connectivity index (χ0v) is 13.8. The number of halogens is 5. The van der Waals surface area contributed by atoms with Crippen molar-refractivity contribution in [3.05, 3.63) is 59.3 Å². The summed E-state index contributed by atoms with van der Waals surface area (Å²) in [6, 6.07) is 5.27. The first-order valence-corrected chi connectivity index (χ1v) is 7.60. The van der Waals surface area contributed by atoms with Crippen LogP contribution < -0.4 is 9.47 Å². The van der Waals surface area contributed by atoms with Crippen molar-refractivity contribution in [2.45, 2.75) is 12.8 Å². The van der Waals surface area contributed by atoms with Crippen LogP contribution in [-0.2, 0) is 6.42 Å². The van der Waals surface area contributed by atoms with Crippen LogP contribution in [-0.4, -0.2) is 24.2 Å². The lowest BCUT2D eigenvalue weighted by Gasteiger charge is -2.10. The maximum absolute atomic E-state index is 13.8. The Balaban J connectivity index is 1.97. The molecule has 0 spiro atoms. The number of hydrogen-bond acceptors (Lipinski definition) is 3. The number of fused-ring (bicyclic) bond motifs is 1. The molecule has 9 heteroatoms. The molecule has 2 aromatic carbocycles. The number of carbonyl (C=O) groups excluding carboxylic acids is 1. The highest BCUT2D eigenvalue weighted by atomic mass is 19.4. The van der Waals surface area contributed by atoms with E-state index in [-0.39, 0.29) is 28.6 Å². The first-order chi connectivity index (χ1) is 12.7.